The summed E-state index contributed by atoms with van der Waals surface area (Å²) in [5, 5.41) is 13.3. The van der Waals surface area contributed by atoms with Gasteiger partial charge < -0.3 is 10.6 Å². The third kappa shape index (κ3) is 3.31. The third-order valence-electron chi connectivity index (χ3n) is 2.99. The maximum atomic E-state index is 5.75. The summed E-state index contributed by atoms with van der Waals surface area (Å²) in [7, 11) is 2.19. The second-order valence-electron chi connectivity index (χ2n) is 4.44. The highest BCUT2D eigenvalue weighted by Gasteiger charge is 2.04. The van der Waals surface area contributed by atoms with E-state index in [9.17, 15) is 0 Å². The molecule has 2 N–H and O–H groups in total. The molecule has 3 heterocycles. The van der Waals surface area contributed by atoms with Crippen LogP contribution >= 0.6 is 22.9 Å². The van der Waals surface area contributed by atoms with Gasteiger partial charge in [-0.2, -0.15) is 11.3 Å². The minimum Gasteiger partial charge on any atom is -0.382 e. The number of rotatable bonds is 0. The average Bonchev–Trinajstić information content (AvgIpc) is 2.86. The van der Waals surface area contributed by atoms with Crippen molar-refractivity contribution in [2.45, 2.75) is 19.3 Å². The van der Waals surface area contributed by atoms with Gasteiger partial charge in [-0.05, 0) is 33.0 Å². The van der Waals surface area contributed by atoms with Crippen LogP contribution in [0.25, 0.3) is 10.8 Å². The quantitative estimate of drug-likeness (QED) is 0.808. The first-order chi connectivity index (χ1) is 8.68. The first-order valence-electron chi connectivity index (χ1n) is 6.00. The molecule has 0 unspecified atom stereocenters. The molecule has 0 amide bonds. The molecule has 1 fully saturated rings. The van der Waals surface area contributed by atoms with Gasteiger partial charge in [-0.15, -0.1) is 10.2 Å². The largest absolute Gasteiger partial charge is 0.382 e. The molecule has 98 valence electrons. The smallest absolute Gasteiger partial charge is 0.160 e. The van der Waals surface area contributed by atoms with Crippen molar-refractivity contribution >= 4 is 39.5 Å². The fraction of sp³-hybridized carbons (Fsp3) is 0.500. The highest BCUT2D eigenvalue weighted by atomic mass is 35.5. The molecule has 0 aromatic carbocycles. The Morgan fingerprint density at radius 1 is 1.17 bits per heavy atom. The fourth-order valence-electron chi connectivity index (χ4n) is 1.91. The Hall–Kier alpha value is -0.910. The number of nitrogen functional groups attached to an aromatic ring is 1. The number of hydrogen-bond donors (Lipinski definition) is 1. The van der Waals surface area contributed by atoms with Crippen molar-refractivity contribution in [3.8, 4) is 0 Å². The molecular weight excluding hydrogens is 268 g/mol. The molecule has 0 bridgehead atoms. The highest BCUT2D eigenvalue weighted by Crippen LogP contribution is 2.27. The SMILES string of the molecule is CN1CCCCC1.Nc1nnc(Cl)c2cscc12. The Morgan fingerprint density at radius 2 is 1.83 bits per heavy atom. The summed E-state index contributed by atoms with van der Waals surface area (Å²) in [6.45, 7) is 2.64. The molecule has 6 heteroatoms. The maximum Gasteiger partial charge on any atom is 0.160 e. The van der Waals surface area contributed by atoms with Gasteiger partial charge >= 0.3 is 0 Å². The van der Waals surface area contributed by atoms with Crippen LogP contribution < -0.4 is 5.73 Å². The number of fused-ring (bicyclic) bond motifs is 1. The zero-order chi connectivity index (χ0) is 13.0. The lowest BCUT2D eigenvalue weighted by Gasteiger charge is -2.20. The number of hydrogen-bond acceptors (Lipinski definition) is 5. The number of anilines is 1. The number of likely N-dealkylation sites (tertiary alicyclic amines) is 1. The van der Waals surface area contributed by atoms with Gasteiger partial charge in [0.2, 0.25) is 0 Å². The van der Waals surface area contributed by atoms with E-state index in [1.807, 2.05) is 10.8 Å². The van der Waals surface area contributed by atoms with Gasteiger partial charge in [0.15, 0.2) is 11.0 Å². The molecule has 0 spiro atoms. The van der Waals surface area contributed by atoms with Crippen LogP contribution in [0.2, 0.25) is 5.15 Å². The van der Waals surface area contributed by atoms with E-state index in [1.165, 1.54) is 43.7 Å². The van der Waals surface area contributed by atoms with Crippen molar-refractivity contribution in [1.82, 2.24) is 15.1 Å². The normalized spacial score (nSPS) is 16.3. The predicted octanol–water partition coefficient (Wildman–Crippen LogP) is 3.03. The molecule has 0 aliphatic carbocycles. The lowest BCUT2D eigenvalue weighted by molar-refractivity contribution is 0.277. The Bertz CT molecular complexity index is 472. The molecule has 1 aliphatic heterocycles. The minimum atomic E-state index is 0.412. The first-order valence-corrected chi connectivity index (χ1v) is 7.32. The van der Waals surface area contributed by atoms with Gasteiger partial charge in [-0.25, -0.2) is 0 Å². The summed E-state index contributed by atoms with van der Waals surface area (Å²) in [6, 6.07) is 0. The van der Waals surface area contributed by atoms with E-state index in [4.69, 9.17) is 17.3 Å². The highest BCUT2D eigenvalue weighted by molar-refractivity contribution is 7.09. The van der Waals surface area contributed by atoms with Crippen LogP contribution in [-0.2, 0) is 0 Å². The third-order valence-corrected chi connectivity index (χ3v) is 4.01. The zero-order valence-electron chi connectivity index (χ0n) is 10.4. The first kappa shape index (κ1) is 13.5. The number of halogens is 1. The predicted molar refractivity (Wildman–Crippen MR) is 78.2 cm³/mol. The van der Waals surface area contributed by atoms with Gasteiger partial charge in [0.25, 0.3) is 0 Å². The number of aromatic nitrogens is 2. The standard InChI is InChI=1S/C6H4ClN3S.C6H13N/c7-5-3-1-11-2-4(3)6(8)10-9-5;1-7-5-3-2-4-6-7/h1-2H,(H2,8,10);2-6H2,1H3. The summed E-state index contributed by atoms with van der Waals surface area (Å²) in [4.78, 5) is 2.39. The van der Waals surface area contributed by atoms with Crippen LogP contribution in [0.3, 0.4) is 0 Å². The van der Waals surface area contributed by atoms with E-state index >= 15 is 0 Å². The summed E-state index contributed by atoms with van der Waals surface area (Å²) >= 11 is 7.28. The molecule has 4 nitrogen and oxygen atoms in total. The zero-order valence-corrected chi connectivity index (χ0v) is 12.0. The van der Waals surface area contributed by atoms with E-state index in [1.54, 1.807) is 0 Å². The molecule has 1 saturated heterocycles. The summed E-state index contributed by atoms with van der Waals surface area (Å²) < 4.78 is 0. The average molecular weight is 285 g/mol. The topological polar surface area (TPSA) is 55.0 Å². The van der Waals surface area contributed by atoms with E-state index in [0.717, 1.165) is 10.8 Å². The molecule has 2 aromatic heterocycles. The Morgan fingerprint density at radius 3 is 2.39 bits per heavy atom. The second kappa shape index (κ2) is 6.31. The van der Waals surface area contributed by atoms with Gasteiger partial charge in [0, 0.05) is 21.5 Å². The van der Waals surface area contributed by atoms with E-state index in [0.29, 0.717) is 11.0 Å². The van der Waals surface area contributed by atoms with E-state index in [-0.39, 0.29) is 0 Å². The molecule has 18 heavy (non-hydrogen) atoms. The molecule has 1 aliphatic rings. The summed E-state index contributed by atoms with van der Waals surface area (Å²) in [6.07, 6.45) is 4.28. The van der Waals surface area contributed by atoms with Crippen molar-refractivity contribution in [3.05, 3.63) is 15.9 Å². The molecule has 0 saturated carbocycles. The molecule has 0 atom stereocenters. The summed E-state index contributed by atoms with van der Waals surface area (Å²) in [5.41, 5.74) is 5.54. The van der Waals surface area contributed by atoms with Crippen molar-refractivity contribution in [2.75, 3.05) is 25.9 Å². The number of piperidine rings is 1. The second-order valence-corrected chi connectivity index (χ2v) is 5.54. The van der Waals surface area contributed by atoms with Gasteiger partial charge in [0.05, 0.1) is 0 Å². The Labute approximate surface area is 116 Å². The van der Waals surface area contributed by atoms with Gasteiger partial charge in [0.1, 0.15) is 0 Å². The van der Waals surface area contributed by atoms with Gasteiger partial charge in [-0.1, -0.05) is 18.0 Å². The molecule has 2 aromatic rings. The lowest BCUT2D eigenvalue weighted by atomic mass is 10.1. The molecular formula is C12H17ClN4S. The Balaban J connectivity index is 0.000000149. The summed E-state index contributed by atoms with van der Waals surface area (Å²) in [5.74, 6) is 0.436. The number of thiophene rings is 1. The number of nitrogens with two attached hydrogens (primary N) is 1. The monoisotopic (exact) mass is 284 g/mol. The van der Waals surface area contributed by atoms with Crippen molar-refractivity contribution in [3.63, 3.8) is 0 Å². The number of nitrogens with zero attached hydrogens (tertiary/aromatic N) is 3. The Kier molecular flexibility index (Phi) is 4.74. The van der Waals surface area contributed by atoms with Crippen LogP contribution in [-0.4, -0.2) is 35.2 Å². The maximum absolute atomic E-state index is 5.75. The van der Waals surface area contributed by atoms with Crippen LogP contribution in [0.1, 0.15) is 19.3 Å². The van der Waals surface area contributed by atoms with E-state index < -0.39 is 0 Å². The minimum absolute atomic E-state index is 0.412. The van der Waals surface area contributed by atoms with Crippen LogP contribution in [0.15, 0.2) is 10.8 Å². The lowest BCUT2D eigenvalue weighted by Crippen LogP contribution is -2.24. The van der Waals surface area contributed by atoms with Crippen LogP contribution in [0.5, 0.6) is 0 Å². The molecule has 3 rings (SSSR count). The van der Waals surface area contributed by atoms with Crippen molar-refractivity contribution in [2.24, 2.45) is 0 Å². The molecule has 0 radical (unpaired) electrons. The van der Waals surface area contributed by atoms with Crippen molar-refractivity contribution in [1.29, 1.82) is 0 Å². The fourth-order valence-corrected chi connectivity index (χ4v) is 3.00. The van der Waals surface area contributed by atoms with Gasteiger partial charge in [-0.3, -0.25) is 0 Å². The van der Waals surface area contributed by atoms with Crippen LogP contribution in [0.4, 0.5) is 5.82 Å². The van der Waals surface area contributed by atoms with E-state index in [2.05, 4.69) is 22.1 Å². The van der Waals surface area contributed by atoms with Crippen molar-refractivity contribution < 1.29 is 0 Å². The van der Waals surface area contributed by atoms with Crippen LogP contribution in [0, 0.1) is 0 Å².